The van der Waals surface area contributed by atoms with Crippen molar-refractivity contribution in [1.29, 1.82) is 0 Å². The van der Waals surface area contributed by atoms with E-state index in [1.807, 2.05) is 117 Å². The lowest BCUT2D eigenvalue weighted by Gasteiger charge is -2.33. The van der Waals surface area contributed by atoms with Crippen molar-refractivity contribution in [3.63, 3.8) is 0 Å². The van der Waals surface area contributed by atoms with Gasteiger partial charge in [0.05, 0.1) is 17.2 Å². The highest BCUT2D eigenvalue weighted by molar-refractivity contribution is 6.02. The first-order valence-corrected chi connectivity index (χ1v) is 18.0. The van der Waals surface area contributed by atoms with Crippen molar-refractivity contribution in [3.8, 4) is 33.9 Å². The average molecular weight is 701 g/mol. The van der Waals surface area contributed by atoms with E-state index in [9.17, 15) is 9.59 Å². The zero-order chi connectivity index (χ0) is 36.8. The summed E-state index contributed by atoms with van der Waals surface area (Å²) >= 11 is 0. The predicted octanol–water partition coefficient (Wildman–Crippen LogP) is 7.87. The van der Waals surface area contributed by atoms with Gasteiger partial charge in [-0.2, -0.15) is 0 Å². The van der Waals surface area contributed by atoms with Crippen molar-refractivity contribution in [2.45, 2.75) is 65.8 Å². The van der Waals surface area contributed by atoms with E-state index in [0.717, 1.165) is 33.4 Å². The van der Waals surface area contributed by atoms with Crippen molar-refractivity contribution in [1.82, 2.24) is 20.3 Å². The summed E-state index contributed by atoms with van der Waals surface area (Å²) in [7, 11) is 3.84. The summed E-state index contributed by atoms with van der Waals surface area (Å²) in [5.41, 5.74) is 7.53. The van der Waals surface area contributed by atoms with Crippen LogP contribution in [-0.4, -0.2) is 60.0 Å². The number of hydrogen-bond donors (Lipinski definition) is 1. The normalized spacial score (nSPS) is 13.2. The minimum absolute atomic E-state index is 0.103. The summed E-state index contributed by atoms with van der Waals surface area (Å²) in [6.07, 6.45) is 0.697. The quantitative estimate of drug-likeness (QED) is 0.134. The number of likely N-dealkylation sites (N-methyl/N-ethyl adjacent to an activating group) is 1. The van der Waals surface area contributed by atoms with Gasteiger partial charge in [-0.3, -0.25) is 14.5 Å². The first-order chi connectivity index (χ1) is 25.1. The zero-order valence-electron chi connectivity index (χ0n) is 30.9. The number of fused-ring (bicyclic) bond motifs is 1. The van der Waals surface area contributed by atoms with Gasteiger partial charge in [0, 0.05) is 25.7 Å². The summed E-state index contributed by atoms with van der Waals surface area (Å²) in [5, 5.41) is 7.28. The van der Waals surface area contributed by atoms with Crippen molar-refractivity contribution in [2.24, 2.45) is 0 Å². The minimum atomic E-state index is -0.321. The Morgan fingerprint density at radius 1 is 0.865 bits per heavy atom. The fourth-order valence-corrected chi connectivity index (χ4v) is 6.44. The third-order valence-corrected chi connectivity index (χ3v) is 9.65. The number of amides is 2. The third kappa shape index (κ3) is 8.05. The van der Waals surface area contributed by atoms with Crippen LogP contribution in [0.3, 0.4) is 0 Å². The Balaban J connectivity index is 1.44. The number of aromatic nitrogens is 1. The largest absolute Gasteiger partial charge is 0.488 e. The van der Waals surface area contributed by atoms with Crippen LogP contribution in [0.2, 0.25) is 0 Å². The maximum atomic E-state index is 13.5. The molecule has 5 aromatic rings. The molecule has 9 heteroatoms. The molecule has 0 spiro atoms. The van der Waals surface area contributed by atoms with Crippen molar-refractivity contribution < 1.29 is 23.6 Å². The summed E-state index contributed by atoms with van der Waals surface area (Å²) in [6, 6.07) is 30.0. The Morgan fingerprint density at radius 2 is 1.52 bits per heavy atom. The third-order valence-electron chi connectivity index (χ3n) is 9.65. The van der Waals surface area contributed by atoms with Gasteiger partial charge < -0.3 is 24.2 Å². The first-order valence-electron chi connectivity index (χ1n) is 18.0. The number of nitrogens with one attached hydrogen (secondary N) is 1. The molecule has 1 aliphatic heterocycles. The highest BCUT2D eigenvalue weighted by Crippen LogP contribution is 2.45. The second-order valence-electron chi connectivity index (χ2n) is 13.8. The van der Waals surface area contributed by atoms with Crippen LogP contribution in [0.1, 0.15) is 71.9 Å². The topological polar surface area (TPSA) is 97.1 Å². The van der Waals surface area contributed by atoms with Gasteiger partial charge in [-0.1, -0.05) is 97.9 Å². The molecule has 0 radical (unpaired) electrons. The fourth-order valence-electron chi connectivity index (χ4n) is 6.44. The molecule has 270 valence electrons. The molecule has 1 aromatic heterocycles. The number of benzene rings is 4. The molecule has 1 N–H and O–H groups in total. The van der Waals surface area contributed by atoms with Crippen LogP contribution in [0, 0.1) is 0 Å². The molecule has 0 bridgehead atoms. The molecule has 2 heterocycles. The smallest absolute Gasteiger partial charge is 0.274 e. The van der Waals surface area contributed by atoms with Gasteiger partial charge in [0.25, 0.3) is 5.91 Å². The van der Waals surface area contributed by atoms with E-state index in [2.05, 4.69) is 36.5 Å². The molecule has 0 saturated heterocycles. The molecule has 1 unspecified atom stereocenters. The van der Waals surface area contributed by atoms with Crippen molar-refractivity contribution in [3.05, 3.63) is 125 Å². The van der Waals surface area contributed by atoms with Crippen LogP contribution in [0.4, 0.5) is 0 Å². The van der Waals surface area contributed by atoms with E-state index in [1.54, 1.807) is 0 Å². The molecule has 0 saturated carbocycles. The monoisotopic (exact) mass is 700 g/mol. The summed E-state index contributed by atoms with van der Waals surface area (Å²) in [6.45, 7) is 10.4. The molecular formula is C43H48N4O5. The lowest BCUT2D eigenvalue weighted by Crippen LogP contribution is -2.46. The average Bonchev–Trinajstić information content (AvgIpc) is 3.61. The first kappa shape index (κ1) is 36.4. The molecule has 52 heavy (non-hydrogen) atoms. The second-order valence-corrected chi connectivity index (χ2v) is 13.8. The summed E-state index contributed by atoms with van der Waals surface area (Å²) in [4.78, 5) is 30.5. The molecular weight excluding hydrogens is 652 g/mol. The molecule has 1 aliphatic rings. The molecule has 2 amide bonds. The standard InChI is InChI=1S/C43H48N4O5/c1-7-44-42(48)40-39(33-18-19-34-25-47(21-20-32(34)22-33)43(49)29(4)46(5)6)41(52-45-40)36-23-35(28(2)3)37(50-26-30-14-10-8-11-15-30)24-38(36)51-27-31-16-12-9-13-17-31/h8-19,22-24,28-29H,7,20-21,25-27H2,1-6H3,(H,44,48). The van der Waals surface area contributed by atoms with Gasteiger partial charge in [0.15, 0.2) is 11.5 Å². The van der Waals surface area contributed by atoms with Crippen LogP contribution >= 0.6 is 0 Å². The van der Waals surface area contributed by atoms with E-state index >= 15 is 0 Å². The van der Waals surface area contributed by atoms with Gasteiger partial charge in [0.1, 0.15) is 24.7 Å². The van der Waals surface area contributed by atoms with Crippen molar-refractivity contribution >= 4 is 11.8 Å². The minimum Gasteiger partial charge on any atom is -0.488 e. The number of rotatable bonds is 13. The number of hydrogen-bond acceptors (Lipinski definition) is 7. The van der Waals surface area contributed by atoms with Gasteiger partial charge >= 0.3 is 0 Å². The number of carbonyl (C=O) groups is 2. The lowest BCUT2D eigenvalue weighted by atomic mass is 9.91. The van der Waals surface area contributed by atoms with Crippen LogP contribution < -0.4 is 14.8 Å². The van der Waals surface area contributed by atoms with Crippen molar-refractivity contribution in [2.75, 3.05) is 27.2 Å². The predicted molar refractivity (Wildman–Crippen MR) is 203 cm³/mol. The van der Waals surface area contributed by atoms with E-state index in [-0.39, 0.29) is 29.5 Å². The Morgan fingerprint density at radius 3 is 2.13 bits per heavy atom. The van der Waals surface area contributed by atoms with Crippen LogP contribution in [0.5, 0.6) is 11.5 Å². The van der Waals surface area contributed by atoms with Gasteiger partial charge in [0.2, 0.25) is 5.91 Å². The van der Waals surface area contributed by atoms with E-state index in [0.29, 0.717) is 67.7 Å². The summed E-state index contributed by atoms with van der Waals surface area (Å²) in [5.74, 6) is 1.60. The second kappa shape index (κ2) is 16.3. The lowest BCUT2D eigenvalue weighted by molar-refractivity contribution is -0.136. The molecule has 4 aromatic carbocycles. The van der Waals surface area contributed by atoms with E-state index in [1.165, 1.54) is 0 Å². The summed E-state index contributed by atoms with van der Waals surface area (Å²) < 4.78 is 19.2. The van der Waals surface area contributed by atoms with Crippen LogP contribution in [0.15, 0.2) is 95.5 Å². The Kier molecular flexibility index (Phi) is 11.4. The molecule has 1 atom stereocenters. The molecule has 9 nitrogen and oxygen atoms in total. The maximum Gasteiger partial charge on any atom is 0.274 e. The fraction of sp³-hybridized carbons (Fsp3) is 0.326. The Hall–Kier alpha value is -5.41. The van der Waals surface area contributed by atoms with Gasteiger partial charge in [-0.25, -0.2) is 0 Å². The molecule has 0 aliphatic carbocycles. The molecule has 0 fully saturated rings. The van der Waals surface area contributed by atoms with Gasteiger partial charge in [-0.15, -0.1) is 0 Å². The number of carbonyl (C=O) groups excluding carboxylic acids is 2. The highest BCUT2D eigenvalue weighted by Gasteiger charge is 2.30. The maximum absolute atomic E-state index is 13.5. The highest BCUT2D eigenvalue weighted by atomic mass is 16.5. The molecule has 6 rings (SSSR count). The SMILES string of the molecule is CCNC(=O)c1noc(-c2cc(C(C)C)c(OCc3ccccc3)cc2OCc2ccccc2)c1-c1ccc2c(c1)CCN(C(=O)C(C)N(C)C)C2. The van der Waals surface area contributed by atoms with Crippen LogP contribution in [0.25, 0.3) is 22.5 Å². The number of nitrogens with zero attached hydrogens (tertiary/aromatic N) is 3. The van der Waals surface area contributed by atoms with E-state index in [4.69, 9.17) is 14.0 Å². The Bertz CT molecular complexity index is 2010. The number of ether oxygens (including phenoxy) is 2. The van der Waals surface area contributed by atoms with Crippen LogP contribution in [-0.2, 0) is 31.0 Å². The van der Waals surface area contributed by atoms with E-state index < -0.39 is 0 Å². The van der Waals surface area contributed by atoms with Gasteiger partial charge in [-0.05, 0) is 79.7 Å². The zero-order valence-corrected chi connectivity index (χ0v) is 30.9. The Labute approximate surface area is 306 Å².